The predicted molar refractivity (Wildman–Crippen MR) is 106 cm³/mol. The van der Waals surface area contributed by atoms with Crippen LogP contribution in [0.15, 0.2) is 18.2 Å². The number of piperidine rings is 1. The molecule has 0 unspecified atom stereocenters. The normalized spacial score (nSPS) is 27.6. The molecule has 0 radical (unpaired) electrons. The monoisotopic (exact) mass is 371 g/mol. The van der Waals surface area contributed by atoms with Gasteiger partial charge in [-0.15, -0.1) is 0 Å². The topological polar surface area (TPSA) is 28.2 Å². The Hall–Kier alpha value is -1.30. The second-order valence-corrected chi connectivity index (χ2v) is 8.85. The number of fused-ring (bicyclic) bond motifs is 1. The van der Waals surface area contributed by atoms with Crippen molar-refractivity contribution in [1.82, 2.24) is 14.7 Å². The van der Waals surface area contributed by atoms with Gasteiger partial charge in [0, 0.05) is 51.9 Å². The summed E-state index contributed by atoms with van der Waals surface area (Å²) in [6.45, 7) is 10.1. The maximum atomic E-state index is 5.52. The molecule has 1 atom stereocenters. The van der Waals surface area contributed by atoms with Gasteiger partial charge in [0.15, 0.2) is 11.5 Å². The zero-order chi connectivity index (χ0) is 18.1. The summed E-state index contributed by atoms with van der Waals surface area (Å²) in [6, 6.07) is 7.16. The number of ether oxygens (including phenoxy) is 2. The first-order valence-electron chi connectivity index (χ1n) is 10.9. The third-order valence-corrected chi connectivity index (χ3v) is 6.99. The van der Waals surface area contributed by atoms with Gasteiger partial charge in [0.25, 0.3) is 0 Å². The minimum atomic E-state index is 0.358. The van der Waals surface area contributed by atoms with Crippen LogP contribution in [0.1, 0.15) is 37.7 Å². The molecule has 2 saturated heterocycles. The number of benzene rings is 1. The first-order valence-corrected chi connectivity index (χ1v) is 10.9. The van der Waals surface area contributed by atoms with Crippen LogP contribution in [-0.4, -0.2) is 73.3 Å². The van der Waals surface area contributed by atoms with Gasteiger partial charge in [-0.3, -0.25) is 9.80 Å². The van der Waals surface area contributed by atoms with E-state index in [2.05, 4.69) is 26.8 Å². The van der Waals surface area contributed by atoms with Gasteiger partial charge in [-0.2, -0.15) is 0 Å². The fourth-order valence-corrected chi connectivity index (χ4v) is 5.12. The Labute approximate surface area is 163 Å². The molecule has 3 aliphatic heterocycles. The highest BCUT2D eigenvalue weighted by Crippen LogP contribution is 2.33. The fourth-order valence-electron chi connectivity index (χ4n) is 5.12. The number of piperazine rings is 1. The van der Waals surface area contributed by atoms with Crippen LogP contribution >= 0.6 is 0 Å². The zero-order valence-corrected chi connectivity index (χ0v) is 16.4. The summed E-state index contributed by atoms with van der Waals surface area (Å²) < 4.78 is 10.9. The molecule has 0 amide bonds. The third-order valence-electron chi connectivity index (χ3n) is 6.99. The average Bonchev–Trinajstić information content (AvgIpc) is 3.13. The van der Waals surface area contributed by atoms with Crippen molar-refractivity contribution in [3.8, 4) is 11.5 Å². The summed E-state index contributed by atoms with van der Waals surface area (Å²) >= 11 is 0. The second kappa shape index (κ2) is 7.98. The number of hydrogen-bond donors (Lipinski definition) is 0. The molecule has 1 aromatic rings. The zero-order valence-electron chi connectivity index (χ0n) is 16.4. The standard InChI is InChI=1S/C22H33N3O2/c1-3-18(4-1)14-24-8-2-5-20(16-24)25-11-9-23(10-12-25)15-19-6-7-21-22(13-19)27-17-26-21/h6-7,13,18,20H,1-5,8-12,14-17H2/t20-/m1/s1. The largest absolute Gasteiger partial charge is 0.454 e. The third kappa shape index (κ3) is 4.10. The van der Waals surface area contributed by atoms with E-state index in [1.54, 1.807) is 0 Å². The van der Waals surface area contributed by atoms with Gasteiger partial charge in [-0.1, -0.05) is 12.5 Å². The number of hydrogen-bond acceptors (Lipinski definition) is 5. The Balaban J connectivity index is 1.10. The summed E-state index contributed by atoms with van der Waals surface area (Å²) in [4.78, 5) is 8.11. The van der Waals surface area contributed by atoms with Crippen molar-refractivity contribution in [3.63, 3.8) is 0 Å². The molecule has 0 bridgehead atoms. The molecule has 1 aromatic carbocycles. The molecule has 5 rings (SSSR count). The smallest absolute Gasteiger partial charge is 0.231 e. The molecule has 0 spiro atoms. The lowest BCUT2D eigenvalue weighted by Gasteiger charge is -2.44. The minimum absolute atomic E-state index is 0.358. The first-order chi connectivity index (χ1) is 13.3. The van der Waals surface area contributed by atoms with Crippen molar-refractivity contribution in [1.29, 1.82) is 0 Å². The molecule has 1 aliphatic carbocycles. The van der Waals surface area contributed by atoms with Crippen molar-refractivity contribution in [3.05, 3.63) is 23.8 Å². The highest BCUT2D eigenvalue weighted by molar-refractivity contribution is 5.44. The van der Waals surface area contributed by atoms with Gasteiger partial charge >= 0.3 is 0 Å². The summed E-state index contributed by atoms with van der Waals surface area (Å²) in [5.74, 6) is 2.79. The maximum Gasteiger partial charge on any atom is 0.231 e. The molecule has 3 fully saturated rings. The van der Waals surface area contributed by atoms with Crippen LogP contribution in [-0.2, 0) is 6.54 Å². The van der Waals surface area contributed by atoms with E-state index in [1.807, 2.05) is 6.07 Å². The highest BCUT2D eigenvalue weighted by atomic mass is 16.7. The van der Waals surface area contributed by atoms with Gasteiger partial charge in [-0.05, 0) is 55.8 Å². The molecule has 5 nitrogen and oxygen atoms in total. The van der Waals surface area contributed by atoms with E-state index in [0.717, 1.165) is 30.0 Å². The van der Waals surface area contributed by atoms with E-state index in [1.165, 1.54) is 83.5 Å². The van der Waals surface area contributed by atoms with Crippen LogP contribution < -0.4 is 9.47 Å². The summed E-state index contributed by atoms with van der Waals surface area (Å²) in [5, 5.41) is 0. The Morgan fingerprint density at radius 2 is 1.70 bits per heavy atom. The molecule has 148 valence electrons. The van der Waals surface area contributed by atoms with Crippen LogP contribution in [0, 0.1) is 5.92 Å². The summed E-state index contributed by atoms with van der Waals surface area (Å²) in [6.07, 6.45) is 7.19. The first kappa shape index (κ1) is 17.8. The van der Waals surface area contributed by atoms with Gasteiger partial charge < -0.3 is 14.4 Å². The van der Waals surface area contributed by atoms with Crippen LogP contribution in [0.5, 0.6) is 11.5 Å². The molecule has 0 N–H and O–H groups in total. The fraction of sp³-hybridized carbons (Fsp3) is 0.727. The van der Waals surface area contributed by atoms with Gasteiger partial charge in [0.2, 0.25) is 6.79 Å². The van der Waals surface area contributed by atoms with Crippen molar-refractivity contribution in [2.45, 2.75) is 44.7 Å². The lowest BCUT2D eigenvalue weighted by molar-refractivity contribution is 0.0405. The Bertz CT molecular complexity index is 640. The van der Waals surface area contributed by atoms with E-state index in [9.17, 15) is 0 Å². The SMILES string of the molecule is c1cc2c(cc1CN1CCN([C@@H]3CCCN(CC4CCC4)C3)CC1)OCO2. The molecule has 0 aromatic heterocycles. The van der Waals surface area contributed by atoms with Crippen molar-refractivity contribution < 1.29 is 9.47 Å². The molecule has 4 aliphatic rings. The van der Waals surface area contributed by atoms with E-state index in [0.29, 0.717) is 6.79 Å². The molecule has 5 heteroatoms. The lowest BCUT2D eigenvalue weighted by Crippen LogP contribution is -2.55. The van der Waals surface area contributed by atoms with Gasteiger partial charge in [0.1, 0.15) is 0 Å². The van der Waals surface area contributed by atoms with Crippen molar-refractivity contribution >= 4 is 0 Å². The number of nitrogens with zero attached hydrogens (tertiary/aromatic N) is 3. The minimum Gasteiger partial charge on any atom is -0.454 e. The summed E-state index contributed by atoms with van der Waals surface area (Å²) in [7, 11) is 0. The summed E-state index contributed by atoms with van der Waals surface area (Å²) in [5.41, 5.74) is 1.33. The average molecular weight is 372 g/mol. The van der Waals surface area contributed by atoms with Crippen LogP contribution in [0.3, 0.4) is 0 Å². The molecule has 3 heterocycles. The van der Waals surface area contributed by atoms with E-state index in [-0.39, 0.29) is 0 Å². The number of likely N-dealkylation sites (tertiary alicyclic amines) is 1. The lowest BCUT2D eigenvalue weighted by atomic mass is 9.84. The van der Waals surface area contributed by atoms with Gasteiger partial charge in [0.05, 0.1) is 0 Å². The quantitative estimate of drug-likeness (QED) is 0.794. The Kier molecular flexibility index (Phi) is 5.25. The Morgan fingerprint density at radius 3 is 2.52 bits per heavy atom. The van der Waals surface area contributed by atoms with Crippen LogP contribution in [0.4, 0.5) is 0 Å². The van der Waals surface area contributed by atoms with E-state index < -0.39 is 0 Å². The van der Waals surface area contributed by atoms with Gasteiger partial charge in [-0.25, -0.2) is 0 Å². The molecular formula is C22H33N3O2. The highest BCUT2D eigenvalue weighted by Gasteiger charge is 2.30. The molecule has 27 heavy (non-hydrogen) atoms. The number of rotatable bonds is 5. The Morgan fingerprint density at radius 1 is 0.852 bits per heavy atom. The van der Waals surface area contributed by atoms with E-state index >= 15 is 0 Å². The van der Waals surface area contributed by atoms with Crippen molar-refractivity contribution in [2.75, 3.05) is 52.6 Å². The second-order valence-electron chi connectivity index (χ2n) is 8.85. The predicted octanol–water partition coefficient (Wildman–Crippen LogP) is 2.80. The molecular weight excluding hydrogens is 338 g/mol. The van der Waals surface area contributed by atoms with Crippen LogP contribution in [0.2, 0.25) is 0 Å². The molecule has 1 saturated carbocycles. The van der Waals surface area contributed by atoms with E-state index in [4.69, 9.17) is 9.47 Å². The van der Waals surface area contributed by atoms with Crippen molar-refractivity contribution in [2.24, 2.45) is 5.92 Å². The maximum absolute atomic E-state index is 5.52. The van der Waals surface area contributed by atoms with Crippen LogP contribution in [0.25, 0.3) is 0 Å².